The van der Waals surface area contributed by atoms with Crippen molar-refractivity contribution >= 4 is 100 Å². The minimum Gasteiger partial charge on any atom is -0.463 e. The predicted octanol–water partition coefficient (Wildman–Crippen LogP) is 5.28. The molecule has 92 heavy (non-hydrogen) atoms. The SMILES string of the molecule is CC(=O)OCC1OC(OCC2OC(OC(=N)C(Cl)(Cl)Cl)C(OC3OC(COC(C)=O)C(OC(C)=O)C(OC(C)=O)C3N3C(=O)c4ccccc4C3=O)C(OCc3ccccc3)C2OCc2ccccc2)C(N2C(=O)c3ccccc3C2=O)C(OC(C)=O)C1OC(C)=O. The van der Waals surface area contributed by atoms with E-state index in [2.05, 4.69) is 0 Å². The third-order valence-corrected chi connectivity index (χ3v) is 15.5. The summed E-state index contributed by atoms with van der Waals surface area (Å²) in [6, 6.07) is 24.9. The normalized spacial score (nSPS) is 27.7. The summed E-state index contributed by atoms with van der Waals surface area (Å²) >= 11 is 19.0. The third-order valence-electron chi connectivity index (χ3n) is 15.0. The number of benzene rings is 4. The maximum Gasteiger partial charge on any atom is 0.303 e. The van der Waals surface area contributed by atoms with Crippen molar-refractivity contribution in [2.24, 2.45) is 0 Å². The summed E-state index contributed by atoms with van der Waals surface area (Å²) in [6.07, 6.45) is -23.4. The first-order valence-electron chi connectivity index (χ1n) is 28.6. The molecule has 9 rings (SSSR count). The third kappa shape index (κ3) is 15.7. The van der Waals surface area contributed by atoms with E-state index >= 15 is 0 Å². The smallest absolute Gasteiger partial charge is 0.303 e. The van der Waals surface area contributed by atoms with Crippen LogP contribution in [0.2, 0.25) is 0 Å². The van der Waals surface area contributed by atoms with Gasteiger partial charge in [-0.25, -0.2) is 0 Å². The number of amides is 4. The Bertz CT molecular complexity index is 3380. The Hall–Kier alpha value is -7.96. The van der Waals surface area contributed by atoms with E-state index in [9.17, 15) is 47.9 Å². The van der Waals surface area contributed by atoms with E-state index in [1.807, 2.05) is 0 Å². The van der Waals surface area contributed by atoms with Gasteiger partial charge in [-0.1, -0.05) is 120 Å². The average molecular weight is 1340 g/mol. The van der Waals surface area contributed by atoms with Crippen LogP contribution in [-0.2, 0) is 108 Å². The minimum atomic E-state index is -2.67. The Morgan fingerprint density at radius 3 is 1.15 bits per heavy atom. The van der Waals surface area contributed by atoms with Crippen LogP contribution in [0.5, 0.6) is 0 Å². The molecule has 0 radical (unpaired) electrons. The van der Waals surface area contributed by atoms with Gasteiger partial charge >= 0.3 is 35.8 Å². The molecule has 15 unspecified atom stereocenters. The van der Waals surface area contributed by atoms with Crippen LogP contribution in [0.4, 0.5) is 0 Å². The Kier molecular flexibility index (Phi) is 22.1. The Labute approximate surface area is 540 Å². The monoisotopic (exact) mass is 1340 g/mol. The molecule has 3 fully saturated rings. The predicted molar refractivity (Wildman–Crippen MR) is 313 cm³/mol. The van der Waals surface area contributed by atoms with Crippen LogP contribution in [-0.4, -0.2) is 191 Å². The number of hydrogen-bond acceptors (Lipinski definition) is 25. The van der Waals surface area contributed by atoms with Crippen LogP contribution in [0, 0.1) is 5.41 Å². The summed E-state index contributed by atoms with van der Waals surface area (Å²) in [5.41, 5.74) is 0.758. The number of alkyl halides is 3. The van der Waals surface area contributed by atoms with Crippen molar-refractivity contribution in [3.05, 3.63) is 143 Å². The number of rotatable bonds is 22. The molecule has 0 spiro atoms. The molecule has 3 saturated heterocycles. The van der Waals surface area contributed by atoms with E-state index < -0.39 is 181 Å². The van der Waals surface area contributed by atoms with Gasteiger partial charge < -0.3 is 66.3 Å². The van der Waals surface area contributed by atoms with Crippen LogP contribution >= 0.6 is 34.8 Å². The number of carbonyl (C=O) groups excluding carboxylic acids is 10. The molecule has 5 heterocycles. The van der Waals surface area contributed by atoms with Gasteiger partial charge in [0.05, 0.1) is 42.1 Å². The van der Waals surface area contributed by atoms with E-state index in [1.165, 1.54) is 48.5 Å². The average Bonchev–Trinajstić information content (AvgIpc) is 1.49. The summed E-state index contributed by atoms with van der Waals surface area (Å²) in [5, 5.41) is 9.00. The quantitative estimate of drug-likeness (QED) is 0.0261. The van der Waals surface area contributed by atoms with Crippen LogP contribution in [0.25, 0.3) is 0 Å². The molecular formula is C62H62Cl3N3O24. The Morgan fingerprint density at radius 2 is 0.761 bits per heavy atom. The van der Waals surface area contributed by atoms with Gasteiger partial charge in [0.2, 0.25) is 12.2 Å². The number of halogens is 3. The second-order valence-electron chi connectivity index (χ2n) is 21.5. The molecule has 5 aliphatic rings. The van der Waals surface area contributed by atoms with Gasteiger partial charge in [0.15, 0.2) is 43.1 Å². The minimum absolute atomic E-state index is 0.0688. The van der Waals surface area contributed by atoms with Crippen LogP contribution in [0.1, 0.15) is 94.1 Å². The van der Waals surface area contributed by atoms with E-state index in [0.717, 1.165) is 46.4 Å². The van der Waals surface area contributed by atoms with Crippen molar-refractivity contribution in [3.63, 3.8) is 0 Å². The molecule has 30 heteroatoms. The highest BCUT2D eigenvalue weighted by Crippen LogP contribution is 2.42. The first-order valence-corrected chi connectivity index (χ1v) is 29.7. The topological polar surface area (TPSA) is 330 Å². The molecular weight excluding hydrogens is 1280 g/mol. The second-order valence-corrected chi connectivity index (χ2v) is 23.7. The van der Waals surface area contributed by atoms with Gasteiger partial charge in [-0.05, 0) is 35.4 Å². The van der Waals surface area contributed by atoms with Crippen molar-refractivity contribution in [2.75, 3.05) is 19.8 Å². The molecule has 4 aromatic rings. The highest BCUT2D eigenvalue weighted by Gasteiger charge is 2.62. The molecule has 0 aliphatic carbocycles. The zero-order valence-corrected chi connectivity index (χ0v) is 52.2. The van der Waals surface area contributed by atoms with Gasteiger partial charge in [0.25, 0.3) is 27.4 Å². The van der Waals surface area contributed by atoms with E-state index in [-0.39, 0.29) is 35.5 Å². The lowest BCUT2D eigenvalue weighted by Gasteiger charge is -2.51. The maximum absolute atomic E-state index is 14.8. The zero-order valence-electron chi connectivity index (χ0n) is 49.9. The summed E-state index contributed by atoms with van der Waals surface area (Å²) < 4.78 is 84.6. The van der Waals surface area contributed by atoms with E-state index in [1.54, 1.807) is 60.7 Å². The zero-order chi connectivity index (χ0) is 66.3. The molecule has 15 atom stereocenters. The number of carbonyl (C=O) groups is 10. The first-order chi connectivity index (χ1) is 43.8. The van der Waals surface area contributed by atoms with Gasteiger partial charge in [0, 0.05) is 41.5 Å². The van der Waals surface area contributed by atoms with Gasteiger partial charge in [-0.15, -0.1) is 0 Å². The van der Waals surface area contributed by atoms with Gasteiger partial charge in [-0.3, -0.25) is 63.2 Å². The number of esters is 6. The number of fused-ring (bicyclic) bond motifs is 2. The molecule has 27 nitrogen and oxygen atoms in total. The van der Waals surface area contributed by atoms with Crippen LogP contribution < -0.4 is 0 Å². The highest BCUT2D eigenvalue weighted by atomic mass is 35.6. The van der Waals surface area contributed by atoms with Crippen LogP contribution in [0.15, 0.2) is 109 Å². The molecule has 4 amide bonds. The fraction of sp³-hybridized carbons (Fsp3) is 0.435. The maximum atomic E-state index is 14.8. The number of imide groups is 2. The first kappa shape index (κ1) is 68.4. The highest BCUT2D eigenvalue weighted by molar-refractivity contribution is 6.76. The Balaban J connectivity index is 1.21. The fourth-order valence-electron chi connectivity index (χ4n) is 11.2. The number of nitrogens with one attached hydrogen (secondary N) is 1. The number of nitrogens with zero attached hydrogens (tertiary/aromatic N) is 2. The largest absolute Gasteiger partial charge is 0.463 e. The van der Waals surface area contributed by atoms with Gasteiger partial charge in [0.1, 0.15) is 55.8 Å². The second kappa shape index (κ2) is 29.8. The van der Waals surface area contributed by atoms with Crippen molar-refractivity contribution in [3.8, 4) is 0 Å². The number of ether oxygens (including phenoxy) is 14. The van der Waals surface area contributed by atoms with Crippen molar-refractivity contribution < 1.29 is 114 Å². The lowest BCUT2D eigenvalue weighted by Crippen LogP contribution is -2.70. The van der Waals surface area contributed by atoms with Gasteiger partial charge in [-0.2, -0.15) is 0 Å². The van der Waals surface area contributed by atoms with Crippen LogP contribution in [0.3, 0.4) is 0 Å². The Morgan fingerprint density at radius 1 is 0.413 bits per heavy atom. The van der Waals surface area contributed by atoms with Crippen molar-refractivity contribution in [1.29, 1.82) is 5.41 Å². The molecule has 4 aromatic carbocycles. The summed E-state index contributed by atoms with van der Waals surface area (Å²) in [7, 11) is 0. The molecule has 0 bridgehead atoms. The summed E-state index contributed by atoms with van der Waals surface area (Å²) in [5.74, 6) is -10.4. The summed E-state index contributed by atoms with van der Waals surface area (Å²) in [6.45, 7) is 3.41. The molecule has 0 aromatic heterocycles. The lowest BCUT2D eigenvalue weighted by molar-refractivity contribution is -0.363. The lowest BCUT2D eigenvalue weighted by atomic mass is 9.93. The van der Waals surface area contributed by atoms with E-state index in [0.29, 0.717) is 16.0 Å². The van der Waals surface area contributed by atoms with Crippen molar-refractivity contribution in [2.45, 2.75) is 151 Å². The van der Waals surface area contributed by atoms with Crippen molar-refractivity contribution in [1.82, 2.24) is 9.80 Å². The molecule has 0 saturated carbocycles. The molecule has 490 valence electrons. The standard InChI is InChI=1S/C62H62Cl3N3O24/c1-30(69)79-27-43-48(84-32(3)71)50(86-34(5)73)45(67-54(75)38-21-13-14-22-39(38)55(67)76)58(88-43)83-29-42-47(81-25-36-17-9-7-10-18-36)52(82-26-37-19-11-8-12-20-37)53(60(90-42)92-61(66)62(63,64)65)91-59-46(68-56(77)40-23-15-16-24-41(40)57(68)78)51(87-35(6)74)49(85-33(4)72)44(89-59)28-80-31(2)70/h7-24,42-53,58-60,66H,25-29H2,1-6H3. The molecule has 1 N–H and O–H groups in total. The van der Waals surface area contributed by atoms with E-state index in [4.69, 9.17) is 107 Å². The summed E-state index contributed by atoms with van der Waals surface area (Å²) in [4.78, 5) is 138. The molecule has 5 aliphatic heterocycles. The fourth-order valence-corrected chi connectivity index (χ4v) is 11.4. The number of hydrogen-bond donors (Lipinski definition) is 1.